The minimum atomic E-state index is -0.307. The molecule has 2 aromatic carbocycles. The number of hydrogen-bond acceptors (Lipinski definition) is 5. The number of ether oxygens (including phenoxy) is 2. The monoisotopic (exact) mass is 400 g/mol. The van der Waals surface area contributed by atoms with Gasteiger partial charge in [-0.1, -0.05) is 41.9 Å². The van der Waals surface area contributed by atoms with Crippen molar-refractivity contribution in [2.75, 3.05) is 7.11 Å². The first kappa shape index (κ1) is 18.9. The first-order valence-electron chi connectivity index (χ1n) is 8.09. The van der Waals surface area contributed by atoms with Crippen molar-refractivity contribution in [2.24, 2.45) is 5.10 Å². The summed E-state index contributed by atoms with van der Waals surface area (Å²) in [4.78, 5) is 12.4. The molecule has 0 aliphatic rings. The topological polar surface area (TPSA) is 59.9 Å². The van der Waals surface area contributed by atoms with Crippen LogP contribution in [-0.2, 0) is 6.61 Å². The van der Waals surface area contributed by atoms with Crippen LogP contribution in [0.5, 0.6) is 11.5 Å². The molecule has 0 unspecified atom stereocenters. The summed E-state index contributed by atoms with van der Waals surface area (Å²) >= 11 is 7.02. The molecule has 1 aromatic heterocycles. The molecule has 3 rings (SSSR count). The maximum atomic E-state index is 11.9. The van der Waals surface area contributed by atoms with E-state index in [4.69, 9.17) is 21.1 Å². The highest BCUT2D eigenvalue weighted by Gasteiger charge is 2.08. The first-order valence-corrected chi connectivity index (χ1v) is 9.28. The number of methoxy groups -OCH3 is 1. The SMILES string of the molecule is COc1cc(/C=N\NC(=O)c2ccc(Cl)s2)ccc1OCc1ccccc1. The molecular formula is C20H17ClN2O3S. The Morgan fingerprint density at radius 3 is 2.67 bits per heavy atom. The van der Waals surface area contributed by atoms with Gasteiger partial charge in [-0.2, -0.15) is 5.10 Å². The third kappa shape index (κ3) is 5.32. The van der Waals surface area contributed by atoms with Gasteiger partial charge < -0.3 is 9.47 Å². The molecule has 1 heterocycles. The molecule has 5 nitrogen and oxygen atoms in total. The molecule has 0 spiro atoms. The predicted molar refractivity (Wildman–Crippen MR) is 108 cm³/mol. The van der Waals surface area contributed by atoms with Crippen LogP contribution in [0.15, 0.2) is 65.8 Å². The lowest BCUT2D eigenvalue weighted by atomic mass is 10.2. The number of benzene rings is 2. The maximum Gasteiger partial charge on any atom is 0.281 e. The largest absolute Gasteiger partial charge is 0.493 e. The summed E-state index contributed by atoms with van der Waals surface area (Å²) in [6.45, 7) is 0.448. The summed E-state index contributed by atoms with van der Waals surface area (Å²) in [6, 6.07) is 18.6. The van der Waals surface area contributed by atoms with E-state index >= 15 is 0 Å². The third-order valence-corrected chi connectivity index (χ3v) is 4.83. The summed E-state index contributed by atoms with van der Waals surface area (Å²) in [5.41, 5.74) is 4.31. The van der Waals surface area contributed by atoms with Crippen LogP contribution in [0.25, 0.3) is 0 Å². The maximum absolute atomic E-state index is 11.9. The van der Waals surface area contributed by atoms with Crippen molar-refractivity contribution in [3.63, 3.8) is 0 Å². The Bertz CT molecular complexity index is 941. The van der Waals surface area contributed by atoms with Gasteiger partial charge in [0.25, 0.3) is 5.91 Å². The molecule has 0 bridgehead atoms. The highest BCUT2D eigenvalue weighted by atomic mass is 35.5. The quantitative estimate of drug-likeness (QED) is 0.459. The zero-order valence-corrected chi connectivity index (χ0v) is 16.1. The van der Waals surface area contributed by atoms with Crippen molar-refractivity contribution < 1.29 is 14.3 Å². The van der Waals surface area contributed by atoms with Crippen LogP contribution in [0.2, 0.25) is 4.34 Å². The van der Waals surface area contributed by atoms with E-state index in [1.807, 2.05) is 42.5 Å². The molecular weight excluding hydrogens is 384 g/mol. The van der Waals surface area contributed by atoms with E-state index in [2.05, 4.69) is 10.5 Å². The van der Waals surface area contributed by atoms with Crippen LogP contribution in [0.4, 0.5) is 0 Å². The van der Waals surface area contributed by atoms with Gasteiger partial charge in [0.05, 0.1) is 22.5 Å². The molecule has 0 fully saturated rings. The molecule has 0 saturated carbocycles. The van der Waals surface area contributed by atoms with Crippen molar-refractivity contribution in [1.29, 1.82) is 0 Å². The number of amides is 1. The van der Waals surface area contributed by atoms with Crippen molar-refractivity contribution in [3.8, 4) is 11.5 Å². The Labute approximate surface area is 166 Å². The van der Waals surface area contributed by atoms with Gasteiger partial charge in [0.1, 0.15) is 6.61 Å². The van der Waals surface area contributed by atoms with Gasteiger partial charge in [-0.25, -0.2) is 5.43 Å². The first-order chi connectivity index (χ1) is 13.2. The highest BCUT2D eigenvalue weighted by Crippen LogP contribution is 2.28. The van der Waals surface area contributed by atoms with E-state index in [9.17, 15) is 4.79 Å². The van der Waals surface area contributed by atoms with Gasteiger partial charge in [0, 0.05) is 0 Å². The smallest absolute Gasteiger partial charge is 0.281 e. The summed E-state index contributed by atoms with van der Waals surface area (Å²) in [7, 11) is 1.58. The number of nitrogens with one attached hydrogen (secondary N) is 1. The van der Waals surface area contributed by atoms with Crippen LogP contribution in [-0.4, -0.2) is 19.2 Å². The molecule has 3 aromatic rings. The zero-order valence-electron chi connectivity index (χ0n) is 14.5. The number of rotatable bonds is 7. The number of thiophene rings is 1. The van der Waals surface area contributed by atoms with E-state index in [1.54, 1.807) is 25.3 Å². The van der Waals surface area contributed by atoms with Gasteiger partial charge in [0.15, 0.2) is 11.5 Å². The molecule has 1 N–H and O–H groups in total. The molecule has 27 heavy (non-hydrogen) atoms. The molecule has 0 saturated heterocycles. The van der Waals surface area contributed by atoms with Gasteiger partial charge in [-0.3, -0.25) is 4.79 Å². The van der Waals surface area contributed by atoms with Gasteiger partial charge in [0.2, 0.25) is 0 Å². The molecule has 0 aliphatic heterocycles. The normalized spacial score (nSPS) is 10.7. The molecule has 138 valence electrons. The second-order valence-corrected chi connectivity index (χ2v) is 7.20. The van der Waals surface area contributed by atoms with E-state index in [0.29, 0.717) is 27.3 Å². The fourth-order valence-electron chi connectivity index (χ4n) is 2.28. The van der Waals surface area contributed by atoms with E-state index in [0.717, 1.165) is 11.1 Å². The van der Waals surface area contributed by atoms with Crippen molar-refractivity contribution in [3.05, 3.63) is 81.0 Å². The fourth-order valence-corrected chi connectivity index (χ4v) is 3.21. The Balaban J connectivity index is 1.62. The van der Waals surface area contributed by atoms with E-state index in [1.165, 1.54) is 17.6 Å². The average Bonchev–Trinajstić information content (AvgIpc) is 3.14. The van der Waals surface area contributed by atoms with E-state index in [-0.39, 0.29) is 5.91 Å². The Hall–Kier alpha value is -2.83. The Morgan fingerprint density at radius 2 is 1.96 bits per heavy atom. The predicted octanol–water partition coefficient (Wildman–Crippen LogP) is 4.75. The molecule has 0 aliphatic carbocycles. The lowest BCUT2D eigenvalue weighted by Gasteiger charge is -2.11. The second-order valence-electron chi connectivity index (χ2n) is 5.49. The van der Waals surface area contributed by atoms with E-state index < -0.39 is 0 Å². The number of halogens is 1. The molecule has 1 amide bonds. The van der Waals surface area contributed by atoms with Crippen LogP contribution in [0, 0.1) is 0 Å². The van der Waals surface area contributed by atoms with Crippen LogP contribution in [0.1, 0.15) is 20.8 Å². The van der Waals surface area contributed by atoms with Gasteiger partial charge >= 0.3 is 0 Å². The number of carbonyl (C=O) groups is 1. The summed E-state index contributed by atoms with van der Waals surface area (Å²) < 4.78 is 11.8. The fraction of sp³-hybridized carbons (Fsp3) is 0.100. The number of hydrogen-bond donors (Lipinski definition) is 1. The lowest BCUT2D eigenvalue weighted by Crippen LogP contribution is -2.16. The molecule has 7 heteroatoms. The van der Waals surface area contributed by atoms with Crippen molar-refractivity contribution >= 4 is 35.1 Å². The van der Waals surface area contributed by atoms with Crippen LogP contribution < -0.4 is 14.9 Å². The standard InChI is InChI=1S/C20H17ClN2O3S/c1-25-17-11-15(12-22-23-20(24)18-9-10-19(21)27-18)7-8-16(17)26-13-14-5-3-2-4-6-14/h2-12H,13H2,1H3,(H,23,24)/b22-12-. The average molecular weight is 401 g/mol. The Kier molecular flexibility index (Phi) is 6.46. The lowest BCUT2D eigenvalue weighted by molar-refractivity contribution is 0.0959. The van der Waals surface area contributed by atoms with Crippen LogP contribution >= 0.6 is 22.9 Å². The summed E-state index contributed by atoms with van der Waals surface area (Å²) in [6.07, 6.45) is 1.54. The summed E-state index contributed by atoms with van der Waals surface area (Å²) in [5.74, 6) is 0.917. The third-order valence-electron chi connectivity index (χ3n) is 3.60. The van der Waals surface area contributed by atoms with Crippen LogP contribution in [0.3, 0.4) is 0 Å². The second kappa shape index (κ2) is 9.21. The van der Waals surface area contributed by atoms with Gasteiger partial charge in [-0.15, -0.1) is 11.3 Å². The van der Waals surface area contributed by atoms with Crippen molar-refractivity contribution in [2.45, 2.75) is 6.61 Å². The minimum Gasteiger partial charge on any atom is -0.493 e. The molecule has 0 radical (unpaired) electrons. The zero-order chi connectivity index (χ0) is 19.1. The number of carbonyl (C=O) groups excluding carboxylic acids is 1. The molecule has 0 atom stereocenters. The number of hydrazone groups is 1. The number of nitrogens with zero attached hydrogens (tertiary/aromatic N) is 1. The Morgan fingerprint density at radius 1 is 1.15 bits per heavy atom. The highest BCUT2D eigenvalue weighted by molar-refractivity contribution is 7.17. The minimum absolute atomic E-state index is 0.307. The van der Waals surface area contributed by atoms with Gasteiger partial charge in [-0.05, 0) is 41.5 Å². The van der Waals surface area contributed by atoms with Crippen molar-refractivity contribution in [1.82, 2.24) is 5.43 Å². The summed E-state index contributed by atoms with van der Waals surface area (Å²) in [5, 5.41) is 3.97.